The number of unbranched alkanes of at least 4 members (excludes halogenated alkanes) is 1. The average molecular weight is 249 g/mol. The van der Waals surface area contributed by atoms with E-state index in [1.54, 1.807) is 18.6 Å². The van der Waals surface area contributed by atoms with Gasteiger partial charge >= 0.3 is 11.8 Å². The number of nitrogens with one attached hydrogen (secondary N) is 2. The van der Waals surface area contributed by atoms with Gasteiger partial charge in [-0.15, -0.1) is 0 Å². The van der Waals surface area contributed by atoms with E-state index in [2.05, 4.69) is 15.6 Å². The molecule has 1 aromatic rings. The maximum Gasteiger partial charge on any atom is 0.310 e. The first-order valence-electron chi connectivity index (χ1n) is 5.62. The molecule has 0 atom stereocenters. The van der Waals surface area contributed by atoms with Gasteiger partial charge in [0.05, 0.1) is 12.4 Å². The first kappa shape index (κ1) is 13.7. The number of rotatable bonds is 6. The third-order valence-corrected chi connectivity index (χ3v) is 2.22. The van der Waals surface area contributed by atoms with Gasteiger partial charge in [-0.3, -0.25) is 9.59 Å². The molecule has 0 fully saturated rings. The topological polar surface area (TPSA) is 99.8 Å². The van der Waals surface area contributed by atoms with E-state index in [0.29, 0.717) is 6.54 Å². The number of aryl methyl sites for hydroxylation is 1. The first-order valence-corrected chi connectivity index (χ1v) is 5.62. The standard InChI is InChI=1S/C11H15N5O2/c12-3-5-15-11(18)10(17)14-4-1-2-7-16-8-6-13-9-16/h6,8-9H,1-2,4-5,7H2,(H,14,17)(H,15,18). The number of nitriles is 1. The summed E-state index contributed by atoms with van der Waals surface area (Å²) in [7, 11) is 0. The largest absolute Gasteiger partial charge is 0.348 e. The van der Waals surface area contributed by atoms with Crippen LogP contribution in [0.2, 0.25) is 0 Å². The lowest BCUT2D eigenvalue weighted by molar-refractivity contribution is -0.139. The zero-order valence-electron chi connectivity index (χ0n) is 9.93. The summed E-state index contributed by atoms with van der Waals surface area (Å²) in [5.41, 5.74) is 0. The van der Waals surface area contributed by atoms with Crippen molar-refractivity contribution in [3.63, 3.8) is 0 Å². The van der Waals surface area contributed by atoms with Crippen molar-refractivity contribution in [3.8, 4) is 6.07 Å². The minimum absolute atomic E-state index is 0.160. The van der Waals surface area contributed by atoms with Crippen molar-refractivity contribution in [1.82, 2.24) is 20.2 Å². The highest BCUT2D eigenvalue weighted by molar-refractivity contribution is 6.35. The van der Waals surface area contributed by atoms with Gasteiger partial charge in [-0.1, -0.05) is 0 Å². The Morgan fingerprint density at radius 2 is 2.06 bits per heavy atom. The second kappa shape index (κ2) is 7.84. The number of nitrogens with zero attached hydrogens (tertiary/aromatic N) is 3. The summed E-state index contributed by atoms with van der Waals surface area (Å²) < 4.78 is 1.95. The predicted molar refractivity (Wildman–Crippen MR) is 63.1 cm³/mol. The van der Waals surface area contributed by atoms with Crippen LogP contribution in [0.5, 0.6) is 0 Å². The lowest BCUT2D eigenvalue weighted by atomic mass is 10.3. The van der Waals surface area contributed by atoms with Gasteiger partial charge in [-0.25, -0.2) is 4.98 Å². The molecule has 0 bridgehead atoms. The molecule has 96 valence electrons. The van der Waals surface area contributed by atoms with Crippen LogP contribution in [-0.4, -0.2) is 34.5 Å². The lowest BCUT2D eigenvalue weighted by Gasteiger charge is -2.05. The molecule has 1 aromatic heterocycles. The van der Waals surface area contributed by atoms with Gasteiger partial charge in [0.1, 0.15) is 6.54 Å². The number of hydrogen-bond donors (Lipinski definition) is 2. The molecule has 0 aliphatic carbocycles. The van der Waals surface area contributed by atoms with Crippen molar-refractivity contribution in [2.24, 2.45) is 0 Å². The fourth-order valence-corrected chi connectivity index (χ4v) is 1.32. The highest BCUT2D eigenvalue weighted by atomic mass is 16.2. The van der Waals surface area contributed by atoms with E-state index in [1.165, 1.54) is 0 Å². The summed E-state index contributed by atoms with van der Waals surface area (Å²) in [6.07, 6.45) is 6.97. The number of carbonyl (C=O) groups excluding carboxylic acids is 2. The lowest BCUT2D eigenvalue weighted by Crippen LogP contribution is -2.40. The molecule has 0 radical (unpaired) electrons. The summed E-state index contributed by atoms with van der Waals surface area (Å²) in [6.45, 7) is 1.11. The van der Waals surface area contributed by atoms with E-state index in [0.717, 1.165) is 19.4 Å². The fraction of sp³-hybridized carbons (Fsp3) is 0.455. The Balaban J connectivity index is 2.05. The molecule has 7 heteroatoms. The highest BCUT2D eigenvalue weighted by Crippen LogP contribution is 1.93. The Labute approximate surface area is 105 Å². The van der Waals surface area contributed by atoms with Crippen LogP contribution in [0.1, 0.15) is 12.8 Å². The smallest absolute Gasteiger partial charge is 0.310 e. The molecule has 18 heavy (non-hydrogen) atoms. The van der Waals surface area contributed by atoms with Crippen molar-refractivity contribution in [1.29, 1.82) is 5.26 Å². The second-order valence-corrected chi connectivity index (χ2v) is 3.60. The van der Waals surface area contributed by atoms with Crippen molar-refractivity contribution in [2.75, 3.05) is 13.1 Å². The maximum atomic E-state index is 11.2. The molecule has 1 rings (SSSR count). The van der Waals surface area contributed by atoms with Crippen molar-refractivity contribution >= 4 is 11.8 Å². The van der Waals surface area contributed by atoms with E-state index in [9.17, 15) is 9.59 Å². The Hall–Kier alpha value is -2.36. The van der Waals surface area contributed by atoms with Crippen LogP contribution in [0.3, 0.4) is 0 Å². The summed E-state index contributed by atoms with van der Waals surface area (Å²) in [6, 6.07) is 1.72. The minimum Gasteiger partial charge on any atom is -0.348 e. The third kappa shape index (κ3) is 5.12. The van der Waals surface area contributed by atoms with Gasteiger partial charge < -0.3 is 15.2 Å². The van der Waals surface area contributed by atoms with E-state index in [-0.39, 0.29) is 6.54 Å². The summed E-state index contributed by atoms with van der Waals surface area (Å²) in [5, 5.41) is 12.9. The van der Waals surface area contributed by atoms with Gasteiger partial charge in [0.15, 0.2) is 0 Å². The molecule has 1 heterocycles. The van der Waals surface area contributed by atoms with Gasteiger partial charge in [0, 0.05) is 25.5 Å². The van der Waals surface area contributed by atoms with E-state index >= 15 is 0 Å². The monoisotopic (exact) mass is 249 g/mol. The third-order valence-electron chi connectivity index (χ3n) is 2.22. The zero-order chi connectivity index (χ0) is 13.2. The van der Waals surface area contributed by atoms with E-state index < -0.39 is 11.8 Å². The summed E-state index contributed by atoms with van der Waals surface area (Å²) in [5.74, 6) is -1.47. The molecule has 0 saturated carbocycles. The molecule has 0 spiro atoms. The minimum atomic E-state index is -0.772. The van der Waals surface area contributed by atoms with Crippen LogP contribution in [-0.2, 0) is 16.1 Å². The molecule has 2 N–H and O–H groups in total. The molecule has 0 aromatic carbocycles. The van der Waals surface area contributed by atoms with Gasteiger partial charge in [0.2, 0.25) is 0 Å². The number of hydrogen-bond acceptors (Lipinski definition) is 4. The predicted octanol–water partition coefficient (Wildman–Crippen LogP) is -0.581. The van der Waals surface area contributed by atoms with Crippen LogP contribution < -0.4 is 10.6 Å². The van der Waals surface area contributed by atoms with E-state index in [4.69, 9.17) is 5.26 Å². The molecule has 0 aliphatic rings. The molecule has 7 nitrogen and oxygen atoms in total. The number of imidazole rings is 1. The Morgan fingerprint density at radius 3 is 2.72 bits per heavy atom. The first-order chi connectivity index (χ1) is 8.74. The highest BCUT2D eigenvalue weighted by Gasteiger charge is 2.10. The van der Waals surface area contributed by atoms with Gasteiger partial charge in [-0.2, -0.15) is 5.26 Å². The molecule has 2 amide bonds. The Morgan fingerprint density at radius 1 is 1.28 bits per heavy atom. The number of carbonyl (C=O) groups is 2. The van der Waals surface area contributed by atoms with Crippen LogP contribution in [0.15, 0.2) is 18.7 Å². The van der Waals surface area contributed by atoms with Crippen LogP contribution >= 0.6 is 0 Å². The van der Waals surface area contributed by atoms with Crippen LogP contribution in [0, 0.1) is 11.3 Å². The summed E-state index contributed by atoms with van der Waals surface area (Å²) >= 11 is 0. The second-order valence-electron chi connectivity index (χ2n) is 3.60. The van der Waals surface area contributed by atoms with Gasteiger partial charge in [0.25, 0.3) is 0 Å². The van der Waals surface area contributed by atoms with E-state index in [1.807, 2.05) is 10.8 Å². The van der Waals surface area contributed by atoms with Crippen molar-refractivity contribution in [2.45, 2.75) is 19.4 Å². The Bertz CT molecular complexity index is 421. The average Bonchev–Trinajstić information content (AvgIpc) is 2.88. The molecular formula is C11H15N5O2. The van der Waals surface area contributed by atoms with Crippen LogP contribution in [0.4, 0.5) is 0 Å². The fourth-order valence-electron chi connectivity index (χ4n) is 1.32. The van der Waals surface area contributed by atoms with Gasteiger partial charge in [-0.05, 0) is 12.8 Å². The van der Waals surface area contributed by atoms with Crippen LogP contribution in [0.25, 0.3) is 0 Å². The number of aromatic nitrogens is 2. The normalized spacial score (nSPS) is 9.50. The zero-order valence-corrected chi connectivity index (χ0v) is 9.93. The molecule has 0 saturated heterocycles. The molecule has 0 aliphatic heterocycles. The SMILES string of the molecule is N#CCNC(=O)C(=O)NCCCCn1ccnc1. The number of amides is 2. The quantitative estimate of drug-likeness (QED) is 0.400. The van der Waals surface area contributed by atoms with Crippen molar-refractivity contribution < 1.29 is 9.59 Å². The van der Waals surface area contributed by atoms with Crippen molar-refractivity contribution in [3.05, 3.63) is 18.7 Å². The maximum absolute atomic E-state index is 11.2. The Kier molecular flexibility index (Phi) is 5.97. The summed E-state index contributed by atoms with van der Waals surface area (Å²) in [4.78, 5) is 26.2. The molecular weight excluding hydrogens is 234 g/mol. The molecule has 0 unspecified atom stereocenters.